The van der Waals surface area contributed by atoms with E-state index < -0.39 is 11.7 Å². The van der Waals surface area contributed by atoms with Crippen molar-refractivity contribution in [1.29, 1.82) is 0 Å². The number of nitrogens with one attached hydrogen (secondary N) is 2. The van der Waals surface area contributed by atoms with Crippen LogP contribution in [0.5, 0.6) is 0 Å². The van der Waals surface area contributed by atoms with Gasteiger partial charge in [-0.05, 0) is 63.6 Å². The van der Waals surface area contributed by atoms with Crippen LogP contribution in [0.3, 0.4) is 0 Å². The fourth-order valence-electron chi connectivity index (χ4n) is 2.78. The molecule has 1 aliphatic carbocycles. The van der Waals surface area contributed by atoms with Crippen LogP contribution in [0.25, 0.3) is 0 Å². The minimum Gasteiger partial charge on any atom is -0.444 e. The number of amides is 1. The Morgan fingerprint density at radius 3 is 2.45 bits per heavy atom. The van der Waals surface area contributed by atoms with E-state index in [2.05, 4.69) is 17.6 Å². The number of hydrogen-bond donors (Lipinski definition) is 2. The molecule has 2 atom stereocenters. The quantitative estimate of drug-likeness (QED) is 0.871. The van der Waals surface area contributed by atoms with Gasteiger partial charge in [-0.2, -0.15) is 0 Å². The minimum absolute atomic E-state index is 0.418. The fourth-order valence-corrected chi connectivity index (χ4v) is 2.78. The van der Waals surface area contributed by atoms with Crippen LogP contribution in [0.4, 0.5) is 10.5 Å². The molecule has 1 fully saturated rings. The van der Waals surface area contributed by atoms with Gasteiger partial charge in [-0.1, -0.05) is 19.1 Å². The maximum Gasteiger partial charge on any atom is 0.412 e. The lowest BCUT2D eigenvalue weighted by molar-refractivity contribution is 0.0636. The summed E-state index contributed by atoms with van der Waals surface area (Å²) >= 11 is 0. The third kappa shape index (κ3) is 5.68. The Bertz CT molecular complexity index is 491. The van der Waals surface area contributed by atoms with Gasteiger partial charge in [0.2, 0.25) is 0 Å². The van der Waals surface area contributed by atoms with Crippen molar-refractivity contribution in [2.75, 3.05) is 5.32 Å². The van der Waals surface area contributed by atoms with E-state index in [1.165, 1.54) is 24.8 Å². The Hall–Kier alpha value is -1.55. The van der Waals surface area contributed by atoms with Crippen molar-refractivity contribution in [1.82, 2.24) is 5.32 Å². The highest BCUT2D eigenvalue weighted by Crippen LogP contribution is 2.24. The lowest BCUT2D eigenvalue weighted by Gasteiger charge is -2.19. The van der Waals surface area contributed by atoms with Crippen LogP contribution in [0.2, 0.25) is 0 Å². The summed E-state index contributed by atoms with van der Waals surface area (Å²) in [6.45, 7) is 8.75. The molecule has 2 N–H and O–H groups in total. The van der Waals surface area contributed by atoms with Gasteiger partial charge in [0, 0.05) is 18.3 Å². The fraction of sp³-hybridized carbons (Fsp3) is 0.611. The summed E-state index contributed by atoms with van der Waals surface area (Å²) < 4.78 is 5.23. The smallest absolute Gasteiger partial charge is 0.412 e. The maximum atomic E-state index is 11.7. The summed E-state index contributed by atoms with van der Waals surface area (Å²) in [7, 11) is 0. The number of carbonyl (C=O) groups excluding carboxylic acids is 1. The first-order valence-corrected chi connectivity index (χ1v) is 8.14. The van der Waals surface area contributed by atoms with E-state index in [1.807, 2.05) is 45.0 Å². The van der Waals surface area contributed by atoms with Crippen molar-refractivity contribution in [2.24, 2.45) is 5.92 Å². The van der Waals surface area contributed by atoms with E-state index in [1.54, 1.807) is 0 Å². The Morgan fingerprint density at radius 1 is 1.23 bits per heavy atom. The van der Waals surface area contributed by atoms with E-state index in [-0.39, 0.29) is 0 Å². The molecule has 0 spiro atoms. The second-order valence-corrected chi connectivity index (χ2v) is 7.32. The van der Waals surface area contributed by atoms with Crippen molar-refractivity contribution in [3.63, 3.8) is 0 Å². The molecule has 2 unspecified atom stereocenters. The van der Waals surface area contributed by atoms with E-state index >= 15 is 0 Å². The molecule has 1 amide bonds. The molecule has 0 heterocycles. The van der Waals surface area contributed by atoms with Gasteiger partial charge in [0.1, 0.15) is 5.60 Å². The molecule has 0 radical (unpaired) electrons. The van der Waals surface area contributed by atoms with Gasteiger partial charge in [-0.15, -0.1) is 0 Å². The van der Waals surface area contributed by atoms with Crippen molar-refractivity contribution >= 4 is 11.8 Å². The molecule has 4 nitrogen and oxygen atoms in total. The van der Waals surface area contributed by atoms with Crippen molar-refractivity contribution in [2.45, 2.75) is 65.1 Å². The Labute approximate surface area is 133 Å². The molecule has 0 aliphatic heterocycles. The lowest BCUT2D eigenvalue weighted by Crippen LogP contribution is -2.27. The van der Waals surface area contributed by atoms with Crippen LogP contribution in [-0.4, -0.2) is 17.7 Å². The van der Waals surface area contributed by atoms with Gasteiger partial charge in [0.15, 0.2) is 0 Å². The second kappa shape index (κ2) is 7.14. The van der Waals surface area contributed by atoms with Crippen molar-refractivity contribution < 1.29 is 9.53 Å². The third-order valence-electron chi connectivity index (χ3n) is 3.89. The number of rotatable bonds is 4. The number of hydrogen-bond acceptors (Lipinski definition) is 3. The molecule has 1 aliphatic rings. The standard InChI is InChI=1S/C18H28N2O2/c1-13-5-8-16(11-13)19-12-14-6-9-15(10-7-14)20-17(21)22-18(2,3)4/h6-7,9-10,13,16,19H,5,8,11-12H2,1-4H3,(H,20,21). The first-order chi connectivity index (χ1) is 10.3. The summed E-state index contributed by atoms with van der Waals surface area (Å²) in [5, 5.41) is 6.35. The Morgan fingerprint density at radius 2 is 1.91 bits per heavy atom. The second-order valence-electron chi connectivity index (χ2n) is 7.32. The number of ether oxygens (including phenoxy) is 1. The molecule has 0 aromatic heterocycles. The van der Waals surface area contributed by atoms with Gasteiger partial charge >= 0.3 is 6.09 Å². The van der Waals surface area contributed by atoms with Crippen molar-refractivity contribution in [3.8, 4) is 0 Å². The monoisotopic (exact) mass is 304 g/mol. The highest BCUT2D eigenvalue weighted by molar-refractivity contribution is 5.84. The van der Waals surface area contributed by atoms with Crippen LogP contribution >= 0.6 is 0 Å². The van der Waals surface area contributed by atoms with Crippen LogP contribution in [-0.2, 0) is 11.3 Å². The molecule has 1 saturated carbocycles. The molecule has 2 rings (SSSR count). The highest BCUT2D eigenvalue weighted by Gasteiger charge is 2.20. The minimum atomic E-state index is -0.480. The highest BCUT2D eigenvalue weighted by atomic mass is 16.6. The summed E-state index contributed by atoms with van der Waals surface area (Å²) in [6.07, 6.45) is 3.46. The first kappa shape index (κ1) is 16.8. The molecule has 1 aromatic carbocycles. The average Bonchev–Trinajstić information content (AvgIpc) is 2.81. The van der Waals surface area contributed by atoms with Gasteiger partial charge in [-0.3, -0.25) is 5.32 Å². The van der Waals surface area contributed by atoms with Gasteiger partial charge in [0.25, 0.3) is 0 Å². The zero-order valence-electron chi connectivity index (χ0n) is 14.1. The van der Waals surface area contributed by atoms with Crippen molar-refractivity contribution in [3.05, 3.63) is 29.8 Å². The largest absolute Gasteiger partial charge is 0.444 e. The zero-order chi connectivity index (χ0) is 16.2. The molecular formula is C18H28N2O2. The molecule has 22 heavy (non-hydrogen) atoms. The van der Waals surface area contributed by atoms with E-state index in [0.717, 1.165) is 18.2 Å². The Kier molecular flexibility index (Phi) is 5.46. The van der Waals surface area contributed by atoms with Gasteiger partial charge in [0.05, 0.1) is 0 Å². The topological polar surface area (TPSA) is 50.4 Å². The maximum absolute atomic E-state index is 11.7. The van der Waals surface area contributed by atoms with Crippen LogP contribution in [0, 0.1) is 5.92 Å². The summed E-state index contributed by atoms with van der Waals surface area (Å²) in [5.41, 5.74) is 1.51. The third-order valence-corrected chi connectivity index (χ3v) is 3.89. The molecule has 4 heteroatoms. The zero-order valence-corrected chi connectivity index (χ0v) is 14.1. The molecule has 122 valence electrons. The molecular weight excluding hydrogens is 276 g/mol. The van der Waals surface area contributed by atoms with Crippen LogP contribution < -0.4 is 10.6 Å². The predicted molar refractivity (Wildman–Crippen MR) is 89.9 cm³/mol. The molecule has 0 saturated heterocycles. The molecule has 0 bridgehead atoms. The normalized spacial score (nSPS) is 21.6. The number of anilines is 1. The number of carbonyl (C=O) groups is 1. The SMILES string of the molecule is CC1CCC(NCc2ccc(NC(=O)OC(C)(C)C)cc2)C1. The van der Waals surface area contributed by atoms with Crippen LogP contribution in [0.1, 0.15) is 52.5 Å². The van der Waals surface area contributed by atoms with E-state index in [4.69, 9.17) is 4.74 Å². The van der Waals surface area contributed by atoms with E-state index in [0.29, 0.717) is 6.04 Å². The molecule has 1 aromatic rings. The number of benzene rings is 1. The lowest BCUT2D eigenvalue weighted by atomic mass is 10.1. The van der Waals surface area contributed by atoms with Gasteiger partial charge < -0.3 is 10.1 Å². The first-order valence-electron chi connectivity index (χ1n) is 8.14. The Balaban J connectivity index is 1.79. The van der Waals surface area contributed by atoms with Gasteiger partial charge in [-0.25, -0.2) is 4.79 Å². The summed E-state index contributed by atoms with van der Waals surface area (Å²) in [6, 6.07) is 8.56. The van der Waals surface area contributed by atoms with Crippen LogP contribution in [0.15, 0.2) is 24.3 Å². The predicted octanol–water partition coefficient (Wildman–Crippen LogP) is 4.31. The summed E-state index contributed by atoms with van der Waals surface area (Å²) in [5.74, 6) is 0.845. The van der Waals surface area contributed by atoms with E-state index in [9.17, 15) is 4.79 Å². The summed E-state index contributed by atoms with van der Waals surface area (Å²) in [4.78, 5) is 11.7. The average molecular weight is 304 g/mol.